The Morgan fingerprint density at radius 3 is 2.83 bits per heavy atom. The number of carbonyl (C=O) groups is 1. The minimum Gasteiger partial charge on any atom is -0.382 e. The molecule has 126 valence electrons. The lowest BCUT2D eigenvalue weighted by Crippen LogP contribution is -2.34. The first-order valence-electron chi connectivity index (χ1n) is 7.97. The molecule has 0 spiro atoms. The van der Waals surface area contributed by atoms with Crippen molar-refractivity contribution in [2.45, 2.75) is 39.3 Å². The van der Waals surface area contributed by atoms with Gasteiger partial charge in [-0.15, -0.1) is 0 Å². The van der Waals surface area contributed by atoms with Gasteiger partial charge in [0.15, 0.2) is 5.82 Å². The molecule has 1 amide bonds. The SMILES string of the molecule is CC(C)C1=NO[C@@H](C(=O)NCc2nc(Cc3ccccc3)no2)C1. The number of nitrogens with one attached hydrogen (secondary N) is 1. The van der Waals surface area contributed by atoms with E-state index in [0.29, 0.717) is 24.6 Å². The first-order chi connectivity index (χ1) is 11.6. The van der Waals surface area contributed by atoms with Crippen molar-refractivity contribution < 1.29 is 14.2 Å². The van der Waals surface area contributed by atoms with Crippen LogP contribution in [0.1, 0.15) is 37.5 Å². The van der Waals surface area contributed by atoms with Crippen LogP contribution in [0.4, 0.5) is 0 Å². The Morgan fingerprint density at radius 2 is 2.12 bits per heavy atom. The molecule has 0 bridgehead atoms. The molecular weight excluding hydrogens is 308 g/mol. The van der Waals surface area contributed by atoms with Crippen molar-refractivity contribution in [1.29, 1.82) is 0 Å². The van der Waals surface area contributed by atoms with E-state index in [-0.39, 0.29) is 18.4 Å². The molecule has 2 heterocycles. The number of aromatic nitrogens is 2. The Hall–Kier alpha value is -2.70. The summed E-state index contributed by atoms with van der Waals surface area (Å²) in [5.74, 6) is 1.02. The predicted molar refractivity (Wildman–Crippen MR) is 87.2 cm³/mol. The van der Waals surface area contributed by atoms with Gasteiger partial charge >= 0.3 is 0 Å². The standard InChI is InChI=1S/C17H20N4O3/c1-11(2)13-9-14(23-20-13)17(22)18-10-16-19-15(21-24-16)8-12-6-4-3-5-7-12/h3-7,11,14H,8-10H2,1-2H3,(H,18,22)/t14-/m1/s1. The fourth-order valence-electron chi connectivity index (χ4n) is 2.37. The summed E-state index contributed by atoms with van der Waals surface area (Å²) in [6.45, 7) is 4.22. The lowest BCUT2D eigenvalue weighted by molar-refractivity contribution is -0.131. The van der Waals surface area contributed by atoms with E-state index < -0.39 is 6.10 Å². The van der Waals surface area contributed by atoms with E-state index in [1.807, 2.05) is 44.2 Å². The number of oxime groups is 1. The number of nitrogens with zero attached hydrogens (tertiary/aromatic N) is 3. The molecule has 7 nitrogen and oxygen atoms in total. The van der Waals surface area contributed by atoms with Gasteiger partial charge in [-0.2, -0.15) is 4.98 Å². The zero-order valence-corrected chi connectivity index (χ0v) is 13.7. The molecule has 2 aromatic rings. The maximum Gasteiger partial charge on any atom is 0.264 e. The number of benzene rings is 1. The Morgan fingerprint density at radius 1 is 1.33 bits per heavy atom. The summed E-state index contributed by atoms with van der Waals surface area (Å²) in [5.41, 5.74) is 2.00. The van der Waals surface area contributed by atoms with Crippen molar-refractivity contribution in [3.8, 4) is 0 Å². The van der Waals surface area contributed by atoms with E-state index in [4.69, 9.17) is 9.36 Å². The highest BCUT2D eigenvalue weighted by atomic mass is 16.6. The molecule has 0 saturated heterocycles. The highest BCUT2D eigenvalue weighted by Gasteiger charge is 2.29. The number of carbonyl (C=O) groups excluding carboxylic acids is 1. The molecule has 1 N–H and O–H groups in total. The summed E-state index contributed by atoms with van der Waals surface area (Å²) >= 11 is 0. The van der Waals surface area contributed by atoms with Crippen molar-refractivity contribution in [1.82, 2.24) is 15.5 Å². The van der Waals surface area contributed by atoms with Crippen LogP contribution in [0.2, 0.25) is 0 Å². The average Bonchev–Trinajstić information content (AvgIpc) is 3.23. The largest absolute Gasteiger partial charge is 0.382 e. The van der Waals surface area contributed by atoms with E-state index in [1.165, 1.54) is 0 Å². The highest BCUT2D eigenvalue weighted by molar-refractivity contribution is 5.93. The van der Waals surface area contributed by atoms with Crippen LogP contribution in [-0.4, -0.2) is 27.9 Å². The fourth-order valence-corrected chi connectivity index (χ4v) is 2.37. The molecule has 0 unspecified atom stereocenters. The molecular formula is C17H20N4O3. The van der Waals surface area contributed by atoms with Crippen LogP contribution in [0.15, 0.2) is 40.0 Å². The Labute approximate surface area is 140 Å². The van der Waals surface area contributed by atoms with E-state index in [9.17, 15) is 4.79 Å². The van der Waals surface area contributed by atoms with Crippen molar-refractivity contribution in [3.05, 3.63) is 47.6 Å². The average molecular weight is 328 g/mol. The van der Waals surface area contributed by atoms with Crippen molar-refractivity contribution in [3.63, 3.8) is 0 Å². The minimum absolute atomic E-state index is 0.178. The van der Waals surface area contributed by atoms with Crippen molar-refractivity contribution in [2.24, 2.45) is 11.1 Å². The van der Waals surface area contributed by atoms with Gasteiger partial charge in [0.1, 0.15) is 0 Å². The zero-order chi connectivity index (χ0) is 16.9. The van der Waals surface area contributed by atoms with Crippen molar-refractivity contribution >= 4 is 11.6 Å². The van der Waals surface area contributed by atoms with Gasteiger partial charge in [-0.05, 0) is 11.5 Å². The second-order valence-corrected chi connectivity index (χ2v) is 6.02. The van der Waals surface area contributed by atoms with E-state index >= 15 is 0 Å². The van der Waals surface area contributed by atoms with E-state index in [2.05, 4.69) is 20.6 Å². The van der Waals surface area contributed by atoms with Crippen LogP contribution in [-0.2, 0) is 22.6 Å². The monoisotopic (exact) mass is 328 g/mol. The third-order valence-corrected chi connectivity index (χ3v) is 3.78. The Kier molecular flexibility index (Phi) is 4.88. The van der Waals surface area contributed by atoms with Gasteiger partial charge in [0.05, 0.1) is 12.3 Å². The lowest BCUT2D eigenvalue weighted by Gasteiger charge is -2.07. The summed E-state index contributed by atoms with van der Waals surface area (Å²) in [5, 5.41) is 10.6. The Bertz CT molecular complexity index is 724. The van der Waals surface area contributed by atoms with Gasteiger partial charge in [0.25, 0.3) is 5.91 Å². The zero-order valence-electron chi connectivity index (χ0n) is 13.7. The molecule has 1 aromatic carbocycles. The molecule has 0 aliphatic carbocycles. The van der Waals surface area contributed by atoms with Crippen molar-refractivity contribution in [2.75, 3.05) is 0 Å². The highest BCUT2D eigenvalue weighted by Crippen LogP contribution is 2.16. The molecule has 1 atom stereocenters. The van der Waals surface area contributed by atoms with E-state index in [0.717, 1.165) is 11.3 Å². The molecule has 1 aliphatic rings. The second kappa shape index (κ2) is 7.25. The van der Waals surface area contributed by atoms with Gasteiger partial charge in [-0.3, -0.25) is 4.79 Å². The van der Waals surface area contributed by atoms with Gasteiger partial charge < -0.3 is 14.7 Å². The summed E-state index contributed by atoms with van der Waals surface area (Å²) in [4.78, 5) is 21.5. The molecule has 0 fully saturated rings. The van der Waals surface area contributed by atoms with Crippen LogP contribution in [0.3, 0.4) is 0 Å². The first kappa shape index (κ1) is 16.2. The third-order valence-electron chi connectivity index (χ3n) is 3.78. The molecule has 1 aromatic heterocycles. The maximum atomic E-state index is 12.1. The van der Waals surface area contributed by atoms with Gasteiger partial charge in [-0.1, -0.05) is 54.5 Å². The molecule has 0 saturated carbocycles. The van der Waals surface area contributed by atoms with Gasteiger partial charge in [0.2, 0.25) is 12.0 Å². The smallest absolute Gasteiger partial charge is 0.264 e. The summed E-state index contributed by atoms with van der Waals surface area (Å²) in [6.07, 6.45) is 0.538. The molecule has 1 aliphatic heterocycles. The van der Waals surface area contributed by atoms with Crippen LogP contribution in [0, 0.1) is 5.92 Å². The van der Waals surface area contributed by atoms with Crippen LogP contribution in [0.5, 0.6) is 0 Å². The number of hydrogen-bond acceptors (Lipinski definition) is 6. The molecule has 0 radical (unpaired) electrons. The quantitative estimate of drug-likeness (QED) is 0.877. The fraction of sp³-hybridized carbons (Fsp3) is 0.412. The normalized spacial score (nSPS) is 16.8. The van der Waals surface area contributed by atoms with Crippen LogP contribution in [0.25, 0.3) is 0 Å². The van der Waals surface area contributed by atoms with Gasteiger partial charge in [-0.25, -0.2) is 0 Å². The summed E-state index contributed by atoms with van der Waals surface area (Å²) in [7, 11) is 0. The topological polar surface area (TPSA) is 89.6 Å². The van der Waals surface area contributed by atoms with Crippen LogP contribution < -0.4 is 5.32 Å². The van der Waals surface area contributed by atoms with Gasteiger partial charge in [0, 0.05) is 12.8 Å². The third kappa shape index (κ3) is 3.98. The molecule has 7 heteroatoms. The Balaban J connectivity index is 1.48. The summed E-state index contributed by atoms with van der Waals surface area (Å²) in [6, 6.07) is 9.89. The number of amides is 1. The molecule has 24 heavy (non-hydrogen) atoms. The minimum atomic E-state index is -0.575. The predicted octanol–water partition coefficient (Wildman–Crippen LogP) is 2.08. The first-order valence-corrected chi connectivity index (χ1v) is 7.97. The second-order valence-electron chi connectivity index (χ2n) is 6.02. The number of hydrogen-bond donors (Lipinski definition) is 1. The van der Waals surface area contributed by atoms with Crippen LogP contribution >= 0.6 is 0 Å². The maximum absolute atomic E-state index is 12.1. The lowest BCUT2D eigenvalue weighted by atomic mass is 10.0. The van der Waals surface area contributed by atoms with E-state index in [1.54, 1.807) is 0 Å². The summed E-state index contributed by atoms with van der Waals surface area (Å²) < 4.78 is 5.16. The number of rotatable bonds is 6. The molecule has 3 rings (SSSR count).